The van der Waals surface area contributed by atoms with E-state index in [9.17, 15) is 16.8 Å². The molecule has 8 heteroatoms. The molecule has 0 atom stereocenters. The summed E-state index contributed by atoms with van der Waals surface area (Å²) in [5.74, 6) is 0.503. The highest BCUT2D eigenvalue weighted by Gasteiger charge is 2.31. The lowest BCUT2D eigenvalue weighted by Gasteiger charge is -2.19. The molecule has 0 N–H and O–H groups in total. The number of nitrogens with zero attached hydrogens (tertiary/aromatic N) is 1. The van der Waals surface area contributed by atoms with Gasteiger partial charge in [-0.1, -0.05) is 17.1 Å². The first kappa shape index (κ1) is 16.9. The normalized spacial score (nSPS) is 12.6. The van der Waals surface area contributed by atoms with Crippen molar-refractivity contribution in [1.82, 2.24) is 3.71 Å². The summed E-state index contributed by atoms with van der Waals surface area (Å²) in [5, 5.41) is 0. The molecule has 0 aliphatic heterocycles. The third-order valence-electron chi connectivity index (χ3n) is 2.69. The van der Waals surface area contributed by atoms with Crippen LogP contribution in [0.5, 0.6) is 5.75 Å². The number of benzene rings is 1. The number of hydrogen-bond acceptors (Lipinski definition) is 5. The third-order valence-corrected chi connectivity index (χ3v) is 6.60. The van der Waals surface area contributed by atoms with Gasteiger partial charge in [0.05, 0.1) is 18.3 Å². The number of hydrogen-bond donors (Lipinski definition) is 0. The highest BCUT2D eigenvalue weighted by Crippen LogP contribution is 2.21. The van der Waals surface area contributed by atoms with E-state index in [-0.39, 0.29) is 11.4 Å². The van der Waals surface area contributed by atoms with E-state index in [0.717, 1.165) is 6.26 Å². The van der Waals surface area contributed by atoms with Gasteiger partial charge in [0.25, 0.3) is 10.0 Å². The first-order chi connectivity index (χ1) is 9.23. The zero-order valence-electron chi connectivity index (χ0n) is 11.7. The molecule has 0 aliphatic rings. The molecule has 0 aromatic heterocycles. The molecule has 6 nitrogen and oxygen atoms in total. The van der Waals surface area contributed by atoms with Crippen LogP contribution in [0.25, 0.3) is 0 Å². The van der Waals surface area contributed by atoms with Crippen LogP contribution in [0.4, 0.5) is 0 Å². The van der Waals surface area contributed by atoms with E-state index in [1.807, 2.05) is 6.92 Å². The van der Waals surface area contributed by atoms with Gasteiger partial charge in [-0.3, -0.25) is 0 Å². The van der Waals surface area contributed by atoms with Crippen molar-refractivity contribution >= 4 is 20.0 Å². The lowest BCUT2D eigenvalue weighted by molar-refractivity contribution is 0.414. The fourth-order valence-corrected chi connectivity index (χ4v) is 4.85. The molecule has 0 spiro atoms. The Bertz CT molecular complexity index is 635. The fraction of sp³-hybridized carbons (Fsp3) is 0.500. The smallest absolute Gasteiger partial charge is 0.256 e. The monoisotopic (exact) mass is 321 g/mol. The number of ether oxygens (including phenoxy) is 1. The van der Waals surface area contributed by atoms with Crippen LogP contribution in [-0.2, 0) is 20.0 Å². The molecule has 0 saturated carbocycles. The Morgan fingerprint density at radius 3 is 2.05 bits per heavy atom. The van der Waals surface area contributed by atoms with Crippen LogP contribution < -0.4 is 4.74 Å². The van der Waals surface area contributed by atoms with Gasteiger partial charge in [0.1, 0.15) is 5.75 Å². The lowest BCUT2D eigenvalue weighted by atomic mass is 10.3. The molecule has 0 fully saturated rings. The summed E-state index contributed by atoms with van der Waals surface area (Å²) in [4.78, 5) is -0.0696. The Balaban J connectivity index is 3.21. The average molecular weight is 321 g/mol. The number of methoxy groups -OCH3 is 1. The molecule has 0 aliphatic carbocycles. The van der Waals surface area contributed by atoms with Crippen molar-refractivity contribution in [2.45, 2.75) is 24.7 Å². The van der Waals surface area contributed by atoms with Crippen molar-refractivity contribution in [1.29, 1.82) is 0 Å². The minimum absolute atomic E-state index is 0.0519. The molecule has 0 heterocycles. The van der Waals surface area contributed by atoms with E-state index in [4.69, 9.17) is 4.74 Å². The molecule has 20 heavy (non-hydrogen) atoms. The van der Waals surface area contributed by atoms with Gasteiger partial charge in [-0.05, 0) is 30.7 Å². The van der Waals surface area contributed by atoms with Crippen LogP contribution in [0.3, 0.4) is 0 Å². The molecule has 0 saturated heterocycles. The van der Waals surface area contributed by atoms with Gasteiger partial charge in [-0.15, -0.1) is 0 Å². The second-order valence-corrected chi connectivity index (χ2v) is 8.29. The molecule has 114 valence electrons. The van der Waals surface area contributed by atoms with Crippen LogP contribution in [0.1, 0.15) is 19.8 Å². The Morgan fingerprint density at radius 1 is 1.10 bits per heavy atom. The summed E-state index contributed by atoms with van der Waals surface area (Å²) >= 11 is 0. The Hall–Kier alpha value is -1.12. The molecular formula is C12H19NO5S2. The highest BCUT2D eigenvalue weighted by molar-refractivity contribution is 8.03. The van der Waals surface area contributed by atoms with Gasteiger partial charge in [-0.2, -0.15) is 0 Å². The maximum absolute atomic E-state index is 12.4. The van der Waals surface area contributed by atoms with Crippen molar-refractivity contribution < 1.29 is 21.6 Å². The van der Waals surface area contributed by atoms with Gasteiger partial charge in [-0.25, -0.2) is 16.8 Å². The summed E-state index contributed by atoms with van der Waals surface area (Å²) < 4.78 is 53.7. The van der Waals surface area contributed by atoms with Crippen molar-refractivity contribution in [2.75, 3.05) is 19.9 Å². The third kappa shape index (κ3) is 3.94. The van der Waals surface area contributed by atoms with E-state index < -0.39 is 20.0 Å². The van der Waals surface area contributed by atoms with Crippen molar-refractivity contribution in [2.24, 2.45) is 0 Å². The van der Waals surface area contributed by atoms with Crippen LogP contribution in [0, 0.1) is 0 Å². The molecule has 1 aromatic rings. The maximum Gasteiger partial charge on any atom is 0.256 e. The summed E-state index contributed by atoms with van der Waals surface area (Å²) in [6, 6.07) is 5.62. The Kier molecular flexibility index (Phi) is 5.55. The van der Waals surface area contributed by atoms with Crippen molar-refractivity contribution in [3.8, 4) is 5.75 Å². The lowest BCUT2D eigenvalue weighted by Crippen LogP contribution is -2.36. The standard InChI is InChI=1S/C12H19NO5S2/c1-4-5-10-13(19(3,14)15)20(16,17)12-8-6-11(18-2)7-9-12/h6-9H,4-5,10H2,1-3H3. The highest BCUT2D eigenvalue weighted by atomic mass is 32.3. The minimum atomic E-state index is -4.07. The van der Waals surface area contributed by atoms with E-state index in [1.54, 1.807) is 0 Å². The van der Waals surface area contributed by atoms with Gasteiger partial charge >= 0.3 is 0 Å². The van der Waals surface area contributed by atoms with Crippen LogP contribution in [0.15, 0.2) is 29.2 Å². The largest absolute Gasteiger partial charge is 0.497 e. The van der Waals surface area contributed by atoms with E-state index >= 15 is 0 Å². The molecule has 0 bridgehead atoms. The Morgan fingerprint density at radius 2 is 1.65 bits per heavy atom. The zero-order valence-corrected chi connectivity index (χ0v) is 13.4. The van der Waals surface area contributed by atoms with Crippen LogP contribution in [-0.4, -0.2) is 40.5 Å². The summed E-state index contributed by atoms with van der Waals surface area (Å²) in [6.07, 6.45) is 2.07. The summed E-state index contributed by atoms with van der Waals surface area (Å²) in [7, 11) is -6.44. The quantitative estimate of drug-likeness (QED) is 0.759. The first-order valence-electron chi connectivity index (χ1n) is 6.10. The van der Waals surface area contributed by atoms with Crippen molar-refractivity contribution in [3.05, 3.63) is 24.3 Å². The molecule has 0 unspecified atom stereocenters. The van der Waals surface area contributed by atoms with Gasteiger partial charge in [0, 0.05) is 6.54 Å². The van der Waals surface area contributed by atoms with E-state index in [2.05, 4.69) is 0 Å². The number of unbranched alkanes of at least 4 members (excludes halogenated alkanes) is 1. The maximum atomic E-state index is 12.4. The number of sulfonamides is 2. The van der Waals surface area contributed by atoms with Crippen LogP contribution in [0.2, 0.25) is 0 Å². The average Bonchev–Trinajstić information content (AvgIpc) is 2.37. The zero-order chi connectivity index (χ0) is 15.4. The van der Waals surface area contributed by atoms with Gasteiger partial charge in [0.15, 0.2) is 0 Å². The summed E-state index contributed by atoms with van der Waals surface area (Å²) in [6.45, 7) is 1.81. The second-order valence-electron chi connectivity index (χ2n) is 4.29. The minimum Gasteiger partial charge on any atom is -0.497 e. The fourth-order valence-electron chi connectivity index (χ4n) is 1.62. The number of rotatable bonds is 7. The van der Waals surface area contributed by atoms with Crippen molar-refractivity contribution in [3.63, 3.8) is 0 Å². The van der Waals surface area contributed by atoms with E-state index in [1.165, 1.54) is 31.4 Å². The summed E-state index contributed by atoms with van der Waals surface area (Å²) in [5.41, 5.74) is 0. The van der Waals surface area contributed by atoms with E-state index in [0.29, 0.717) is 22.3 Å². The predicted octanol–water partition coefficient (Wildman–Crippen LogP) is 1.45. The predicted molar refractivity (Wildman–Crippen MR) is 76.6 cm³/mol. The Labute approximate surface area is 120 Å². The molecule has 1 rings (SSSR count). The topological polar surface area (TPSA) is 80.8 Å². The molecular weight excluding hydrogens is 302 g/mol. The van der Waals surface area contributed by atoms with Crippen LogP contribution >= 0.6 is 0 Å². The molecule has 0 radical (unpaired) electrons. The van der Waals surface area contributed by atoms with Gasteiger partial charge in [0.2, 0.25) is 10.0 Å². The first-order valence-corrected chi connectivity index (χ1v) is 9.39. The molecule has 1 aromatic carbocycles. The SMILES string of the molecule is CCCCN(S(C)(=O)=O)S(=O)(=O)c1ccc(OC)cc1. The molecule has 0 amide bonds. The van der Waals surface area contributed by atoms with Gasteiger partial charge < -0.3 is 4.74 Å². The second kappa shape index (κ2) is 6.55.